The van der Waals surface area contributed by atoms with Gasteiger partial charge in [0.1, 0.15) is 11.3 Å². The summed E-state index contributed by atoms with van der Waals surface area (Å²) in [5.74, 6) is -1.07. The maximum Gasteiger partial charge on any atom is 0.335 e. The van der Waals surface area contributed by atoms with Crippen molar-refractivity contribution in [3.05, 3.63) is 63.1 Å². The number of urea groups is 1. The summed E-state index contributed by atoms with van der Waals surface area (Å²) in [6.07, 6.45) is 2.15. The molecular formula is C21H18Cl2N2O4. The number of carbonyl (C=O) groups is 3. The number of benzene rings is 2. The van der Waals surface area contributed by atoms with Gasteiger partial charge in [-0.3, -0.25) is 14.9 Å². The molecule has 1 fully saturated rings. The Morgan fingerprint density at radius 3 is 2.62 bits per heavy atom. The zero-order valence-electron chi connectivity index (χ0n) is 15.8. The van der Waals surface area contributed by atoms with Gasteiger partial charge in [0.05, 0.1) is 12.3 Å². The van der Waals surface area contributed by atoms with Crippen molar-refractivity contribution in [2.24, 2.45) is 0 Å². The number of ether oxygens (including phenoxy) is 1. The Kier molecular flexibility index (Phi) is 6.25. The summed E-state index contributed by atoms with van der Waals surface area (Å²) < 4.78 is 5.68. The topological polar surface area (TPSA) is 75.7 Å². The van der Waals surface area contributed by atoms with E-state index in [-0.39, 0.29) is 5.57 Å². The van der Waals surface area contributed by atoms with Crippen molar-refractivity contribution in [3.63, 3.8) is 0 Å². The van der Waals surface area contributed by atoms with Crippen LogP contribution in [0.5, 0.6) is 5.75 Å². The molecule has 0 bridgehead atoms. The van der Waals surface area contributed by atoms with Crippen LogP contribution in [0, 0.1) is 6.92 Å². The molecule has 8 heteroatoms. The molecular weight excluding hydrogens is 415 g/mol. The molecule has 2 aromatic carbocycles. The lowest BCUT2D eigenvalue weighted by Crippen LogP contribution is -2.54. The molecule has 6 nitrogen and oxygen atoms in total. The second-order valence-corrected chi connectivity index (χ2v) is 7.22. The Morgan fingerprint density at radius 2 is 1.90 bits per heavy atom. The van der Waals surface area contributed by atoms with Crippen molar-refractivity contribution in [3.8, 4) is 5.75 Å². The third kappa shape index (κ3) is 4.28. The Bertz CT molecular complexity index is 1030. The highest BCUT2D eigenvalue weighted by molar-refractivity contribution is 6.40. The molecule has 0 atom stereocenters. The van der Waals surface area contributed by atoms with E-state index in [9.17, 15) is 14.4 Å². The number of nitrogens with zero attached hydrogens (tertiary/aromatic N) is 1. The molecule has 0 aromatic heterocycles. The fraction of sp³-hybridized carbons (Fsp3) is 0.190. The van der Waals surface area contributed by atoms with Crippen LogP contribution in [0.15, 0.2) is 42.0 Å². The lowest BCUT2D eigenvalue weighted by Gasteiger charge is -2.27. The van der Waals surface area contributed by atoms with Gasteiger partial charge in [-0.1, -0.05) is 36.2 Å². The standard InChI is InChI=1S/C21H18Cl2N2O4/c1-3-9-29-18-8-7-14(22)10-13(18)11-15-19(26)24-21(28)25(20(15)27)17-6-4-5-16(23)12(17)2/h4-8,10-11H,3,9H2,1-2H3,(H,24,26,28)/b15-11+. The van der Waals surface area contributed by atoms with Gasteiger partial charge in [-0.2, -0.15) is 0 Å². The van der Waals surface area contributed by atoms with Crippen LogP contribution in [0.1, 0.15) is 24.5 Å². The number of barbiturate groups is 1. The Hall–Kier alpha value is -2.83. The van der Waals surface area contributed by atoms with E-state index in [0.717, 1.165) is 11.3 Å². The Balaban J connectivity index is 2.07. The summed E-state index contributed by atoms with van der Waals surface area (Å²) in [6.45, 7) is 4.11. The van der Waals surface area contributed by atoms with E-state index in [4.69, 9.17) is 27.9 Å². The highest BCUT2D eigenvalue weighted by Crippen LogP contribution is 2.31. The van der Waals surface area contributed by atoms with Crippen LogP contribution in [0.25, 0.3) is 6.08 Å². The zero-order valence-corrected chi connectivity index (χ0v) is 17.3. The summed E-state index contributed by atoms with van der Waals surface area (Å²) in [4.78, 5) is 38.8. The van der Waals surface area contributed by atoms with Gasteiger partial charge >= 0.3 is 6.03 Å². The van der Waals surface area contributed by atoms with E-state index >= 15 is 0 Å². The van der Waals surface area contributed by atoms with Gasteiger partial charge in [0.15, 0.2) is 0 Å². The number of imide groups is 2. The first-order valence-electron chi connectivity index (χ1n) is 8.92. The van der Waals surface area contributed by atoms with Crippen molar-refractivity contribution in [2.45, 2.75) is 20.3 Å². The molecule has 1 saturated heterocycles. The lowest BCUT2D eigenvalue weighted by molar-refractivity contribution is -0.122. The minimum atomic E-state index is -0.837. The summed E-state index contributed by atoms with van der Waals surface area (Å²) in [6, 6.07) is 8.93. The fourth-order valence-corrected chi connectivity index (χ4v) is 3.20. The molecule has 1 N–H and O–H groups in total. The highest BCUT2D eigenvalue weighted by Gasteiger charge is 2.37. The summed E-state index contributed by atoms with van der Waals surface area (Å²) in [7, 11) is 0. The molecule has 150 valence electrons. The predicted molar refractivity (Wildman–Crippen MR) is 112 cm³/mol. The molecule has 0 saturated carbocycles. The van der Waals surface area contributed by atoms with Crippen molar-refractivity contribution >= 4 is 52.8 Å². The molecule has 1 aliphatic rings. The monoisotopic (exact) mass is 432 g/mol. The van der Waals surface area contributed by atoms with Gasteiger partial charge in [-0.15, -0.1) is 0 Å². The van der Waals surface area contributed by atoms with Gasteiger partial charge in [0, 0.05) is 15.6 Å². The maximum atomic E-state index is 13.1. The number of halogens is 2. The number of hydrogen-bond acceptors (Lipinski definition) is 4. The molecule has 0 radical (unpaired) electrons. The van der Waals surface area contributed by atoms with Crippen molar-refractivity contribution in [1.29, 1.82) is 0 Å². The van der Waals surface area contributed by atoms with Crippen LogP contribution in [0.3, 0.4) is 0 Å². The van der Waals surface area contributed by atoms with Crippen LogP contribution in [-0.2, 0) is 9.59 Å². The van der Waals surface area contributed by atoms with E-state index in [1.165, 1.54) is 6.08 Å². The number of amides is 4. The van der Waals surface area contributed by atoms with Gasteiger partial charge in [0.25, 0.3) is 11.8 Å². The third-order valence-electron chi connectivity index (χ3n) is 4.32. The molecule has 0 unspecified atom stereocenters. The largest absolute Gasteiger partial charge is 0.493 e. The summed E-state index contributed by atoms with van der Waals surface area (Å²) in [5, 5.41) is 3.01. The summed E-state index contributed by atoms with van der Waals surface area (Å²) >= 11 is 12.2. The molecule has 1 aliphatic heterocycles. The molecule has 3 rings (SSSR count). The van der Waals surface area contributed by atoms with Crippen molar-refractivity contribution in [2.75, 3.05) is 11.5 Å². The highest BCUT2D eigenvalue weighted by atomic mass is 35.5. The summed E-state index contributed by atoms with van der Waals surface area (Å²) in [5.41, 5.74) is 1.09. The zero-order chi connectivity index (χ0) is 21.1. The van der Waals surface area contributed by atoms with E-state index in [1.54, 1.807) is 43.3 Å². The normalized spacial score (nSPS) is 15.7. The van der Waals surface area contributed by atoms with Crippen LogP contribution in [-0.4, -0.2) is 24.5 Å². The van der Waals surface area contributed by atoms with Gasteiger partial charge in [0.2, 0.25) is 0 Å². The Labute approximate surface area is 178 Å². The van der Waals surface area contributed by atoms with Gasteiger partial charge < -0.3 is 4.74 Å². The predicted octanol–water partition coefficient (Wildman–Crippen LogP) is 4.76. The second kappa shape index (κ2) is 8.68. The fourth-order valence-electron chi connectivity index (χ4n) is 2.85. The van der Waals surface area contributed by atoms with Crippen molar-refractivity contribution in [1.82, 2.24) is 5.32 Å². The van der Waals surface area contributed by atoms with E-state index in [2.05, 4.69) is 5.32 Å². The second-order valence-electron chi connectivity index (χ2n) is 6.37. The minimum absolute atomic E-state index is 0.215. The van der Waals surface area contributed by atoms with Crippen LogP contribution >= 0.6 is 23.2 Å². The van der Waals surface area contributed by atoms with E-state index < -0.39 is 17.8 Å². The Morgan fingerprint density at radius 1 is 1.14 bits per heavy atom. The molecule has 4 amide bonds. The average Bonchev–Trinajstić information content (AvgIpc) is 2.67. The van der Waals surface area contributed by atoms with E-state index in [1.807, 2.05) is 6.92 Å². The van der Waals surface area contributed by atoms with Crippen LogP contribution < -0.4 is 15.0 Å². The molecule has 29 heavy (non-hydrogen) atoms. The van der Waals surface area contributed by atoms with Gasteiger partial charge in [-0.25, -0.2) is 9.69 Å². The first-order valence-corrected chi connectivity index (χ1v) is 9.68. The van der Waals surface area contributed by atoms with Gasteiger partial charge in [-0.05, 0) is 55.3 Å². The number of rotatable bonds is 5. The number of nitrogens with one attached hydrogen (secondary N) is 1. The van der Waals surface area contributed by atoms with Crippen LogP contribution in [0.2, 0.25) is 10.0 Å². The lowest BCUT2D eigenvalue weighted by atomic mass is 10.0. The van der Waals surface area contributed by atoms with E-state index in [0.29, 0.717) is 39.2 Å². The first-order chi connectivity index (χ1) is 13.8. The number of carbonyl (C=O) groups excluding carboxylic acids is 3. The quantitative estimate of drug-likeness (QED) is 0.545. The van der Waals surface area contributed by atoms with Crippen LogP contribution in [0.4, 0.5) is 10.5 Å². The SMILES string of the molecule is CCCOc1ccc(Cl)cc1/C=C1\C(=O)NC(=O)N(c2cccc(Cl)c2C)C1=O. The first kappa shape index (κ1) is 20.9. The molecule has 2 aromatic rings. The smallest absolute Gasteiger partial charge is 0.335 e. The molecule has 0 spiro atoms. The number of anilines is 1. The van der Waals surface area contributed by atoms with Crippen molar-refractivity contribution < 1.29 is 19.1 Å². The average molecular weight is 433 g/mol. The minimum Gasteiger partial charge on any atom is -0.493 e. The molecule has 1 heterocycles. The third-order valence-corrected chi connectivity index (χ3v) is 4.96. The molecule has 0 aliphatic carbocycles. The number of hydrogen-bond donors (Lipinski definition) is 1. The maximum absolute atomic E-state index is 13.1.